The summed E-state index contributed by atoms with van der Waals surface area (Å²) in [6.07, 6.45) is -4.60. The number of nitrogen functional groups attached to an aromatic ring is 1. The van der Waals surface area contributed by atoms with E-state index in [1.807, 2.05) is 0 Å². The van der Waals surface area contributed by atoms with E-state index in [-0.39, 0.29) is 0 Å². The SMILES string of the molecule is N#Cc1ncc(OC(F)(F)F)c(F)c1N. The highest BCUT2D eigenvalue weighted by molar-refractivity contribution is 5.54. The van der Waals surface area contributed by atoms with E-state index in [4.69, 9.17) is 11.0 Å². The first-order valence-corrected chi connectivity index (χ1v) is 3.45. The second-order valence-electron chi connectivity index (χ2n) is 2.36. The number of pyridine rings is 1. The zero-order valence-corrected chi connectivity index (χ0v) is 6.97. The van der Waals surface area contributed by atoms with Gasteiger partial charge >= 0.3 is 6.36 Å². The van der Waals surface area contributed by atoms with Gasteiger partial charge in [-0.15, -0.1) is 13.2 Å². The molecule has 1 heterocycles. The molecule has 1 aromatic heterocycles. The van der Waals surface area contributed by atoms with Crippen LogP contribution in [0.4, 0.5) is 23.2 Å². The van der Waals surface area contributed by atoms with Crippen LogP contribution in [-0.2, 0) is 0 Å². The second kappa shape index (κ2) is 3.61. The first-order valence-electron chi connectivity index (χ1n) is 3.45. The van der Waals surface area contributed by atoms with E-state index in [2.05, 4.69) is 9.72 Å². The average Bonchev–Trinajstić information content (AvgIpc) is 2.11. The van der Waals surface area contributed by atoms with E-state index in [0.29, 0.717) is 6.20 Å². The number of alkyl halides is 3. The molecule has 0 spiro atoms. The first-order chi connectivity index (χ1) is 6.85. The largest absolute Gasteiger partial charge is 0.573 e. The lowest BCUT2D eigenvalue weighted by Crippen LogP contribution is -2.18. The van der Waals surface area contributed by atoms with Crippen LogP contribution in [-0.4, -0.2) is 11.3 Å². The molecule has 0 aliphatic heterocycles. The van der Waals surface area contributed by atoms with E-state index in [9.17, 15) is 17.6 Å². The van der Waals surface area contributed by atoms with Gasteiger partial charge in [0, 0.05) is 0 Å². The van der Waals surface area contributed by atoms with E-state index in [0.717, 1.165) is 0 Å². The second-order valence-corrected chi connectivity index (χ2v) is 2.36. The lowest BCUT2D eigenvalue weighted by Gasteiger charge is -2.10. The van der Waals surface area contributed by atoms with Crippen LogP contribution in [0.2, 0.25) is 0 Å². The van der Waals surface area contributed by atoms with Crippen molar-refractivity contribution >= 4 is 5.69 Å². The zero-order chi connectivity index (χ0) is 11.6. The van der Waals surface area contributed by atoms with Gasteiger partial charge in [0.05, 0.1) is 6.20 Å². The van der Waals surface area contributed by atoms with Gasteiger partial charge in [-0.1, -0.05) is 0 Å². The molecular formula is C7H3F4N3O. The number of nitrogens with zero attached hydrogens (tertiary/aromatic N) is 2. The molecule has 0 radical (unpaired) electrons. The molecule has 0 amide bonds. The van der Waals surface area contributed by atoms with Crippen LogP contribution < -0.4 is 10.5 Å². The third-order valence-electron chi connectivity index (χ3n) is 1.35. The Morgan fingerprint density at radius 1 is 1.47 bits per heavy atom. The Morgan fingerprint density at radius 3 is 2.53 bits per heavy atom. The van der Waals surface area contributed by atoms with Gasteiger partial charge < -0.3 is 10.5 Å². The van der Waals surface area contributed by atoms with Crippen molar-refractivity contribution in [1.29, 1.82) is 5.26 Å². The third-order valence-corrected chi connectivity index (χ3v) is 1.35. The maximum absolute atomic E-state index is 13.0. The van der Waals surface area contributed by atoms with Gasteiger partial charge in [-0.3, -0.25) is 0 Å². The summed E-state index contributed by atoms with van der Waals surface area (Å²) < 4.78 is 51.5. The number of nitrogens with two attached hydrogens (primary N) is 1. The van der Waals surface area contributed by atoms with Gasteiger partial charge in [-0.25, -0.2) is 9.37 Å². The summed E-state index contributed by atoms with van der Waals surface area (Å²) >= 11 is 0. The monoisotopic (exact) mass is 221 g/mol. The number of ether oxygens (including phenoxy) is 1. The van der Waals surface area contributed by atoms with Crippen molar-refractivity contribution in [2.45, 2.75) is 6.36 Å². The minimum Gasteiger partial charge on any atom is -0.401 e. The van der Waals surface area contributed by atoms with Crippen LogP contribution in [0.15, 0.2) is 6.20 Å². The maximum Gasteiger partial charge on any atom is 0.573 e. The predicted octanol–water partition coefficient (Wildman–Crippen LogP) is 1.57. The minimum absolute atomic E-state index is 0.442. The van der Waals surface area contributed by atoms with Crippen molar-refractivity contribution in [3.63, 3.8) is 0 Å². The predicted molar refractivity (Wildman–Crippen MR) is 40.0 cm³/mol. The Kier molecular flexibility index (Phi) is 2.65. The van der Waals surface area contributed by atoms with Crippen molar-refractivity contribution in [2.24, 2.45) is 0 Å². The molecule has 0 atom stereocenters. The average molecular weight is 221 g/mol. The molecule has 8 heteroatoms. The highest BCUT2D eigenvalue weighted by atomic mass is 19.4. The molecule has 1 aromatic rings. The Hall–Kier alpha value is -2.04. The standard InChI is InChI=1S/C7H3F4N3O/c8-5-4(15-7(9,10)11)2-14-3(1-12)6(5)13/h2H,13H2. The zero-order valence-electron chi connectivity index (χ0n) is 6.97. The van der Waals surface area contributed by atoms with E-state index < -0.39 is 29.3 Å². The van der Waals surface area contributed by atoms with Crippen molar-refractivity contribution in [3.8, 4) is 11.8 Å². The highest BCUT2D eigenvalue weighted by Gasteiger charge is 2.33. The van der Waals surface area contributed by atoms with Crippen LogP contribution in [0, 0.1) is 17.1 Å². The molecule has 80 valence electrons. The fourth-order valence-electron chi connectivity index (χ4n) is 0.771. The third kappa shape index (κ3) is 2.46. The van der Waals surface area contributed by atoms with Crippen LogP contribution >= 0.6 is 0 Å². The van der Waals surface area contributed by atoms with Crippen LogP contribution in [0.3, 0.4) is 0 Å². The molecule has 0 fully saturated rings. The molecule has 0 aliphatic rings. The molecule has 0 saturated heterocycles. The van der Waals surface area contributed by atoms with Gasteiger partial charge in [0.15, 0.2) is 17.3 Å². The Labute approximate surface area is 80.9 Å². The number of halogens is 4. The molecule has 4 nitrogen and oxygen atoms in total. The van der Waals surface area contributed by atoms with Crippen LogP contribution in [0.25, 0.3) is 0 Å². The smallest absolute Gasteiger partial charge is 0.401 e. The van der Waals surface area contributed by atoms with Crippen molar-refractivity contribution in [1.82, 2.24) is 4.98 Å². The normalized spacial score (nSPS) is 10.9. The number of rotatable bonds is 1. The number of aromatic nitrogens is 1. The summed E-state index contributed by atoms with van der Waals surface area (Å²) in [5, 5.41) is 8.34. The summed E-state index contributed by atoms with van der Waals surface area (Å²) in [5.41, 5.74) is 3.73. The van der Waals surface area contributed by atoms with Crippen LogP contribution in [0.1, 0.15) is 5.69 Å². The number of hydrogen-bond donors (Lipinski definition) is 1. The first kappa shape index (κ1) is 11.0. The summed E-state index contributed by atoms with van der Waals surface area (Å²) in [5.74, 6) is -2.63. The Bertz CT molecular complexity index is 423. The van der Waals surface area contributed by atoms with Crippen molar-refractivity contribution in [3.05, 3.63) is 17.7 Å². The molecule has 1 rings (SSSR count). The number of nitriles is 1. The van der Waals surface area contributed by atoms with Crippen molar-refractivity contribution in [2.75, 3.05) is 5.73 Å². The fraction of sp³-hybridized carbons (Fsp3) is 0.143. The van der Waals surface area contributed by atoms with E-state index in [1.165, 1.54) is 6.07 Å². The molecule has 0 saturated carbocycles. The highest BCUT2D eigenvalue weighted by Crippen LogP contribution is 2.28. The fourth-order valence-corrected chi connectivity index (χ4v) is 0.771. The maximum atomic E-state index is 13.0. The van der Waals surface area contributed by atoms with Crippen LogP contribution in [0.5, 0.6) is 5.75 Å². The van der Waals surface area contributed by atoms with Crippen molar-refractivity contribution < 1.29 is 22.3 Å². The summed E-state index contributed by atoms with van der Waals surface area (Å²) in [6.45, 7) is 0. The molecule has 0 bridgehead atoms. The van der Waals surface area contributed by atoms with Gasteiger partial charge in [0.2, 0.25) is 0 Å². The molecule has 0 aromatic carbocycles. The summed E-state index contributed by atoms with van der Waals surface area (Å²) in [7, 11) is 0. The quantitative estimate of drug-likeness (QED) is 0.730. The molecular weight excluding hydrogens is 218 g/mol. The Balaban J connectivity index is 3.14. The lowest BCUT2D eigenvalue weighted by molar-refractivity contribution is -0.275. The molecule has 0 unspecified atom stereocenters. The molecule has 0 aliphatic carbocycles. The molecule has 15 heavy (non-hydrogen) atoms. The number of anilines is 1. The Morgan fingerprint density at radius 2 is 2.07 bits per heavy atom. The van der Waals surface area contributed by atoms with Gasteiger partial charge in [0.1, 0.15) is 11.8 Å². The summed E-state index contributed by atoms with van der Waals surface area (Å²) in [6, 6.07) is 1.41. The lowest BCUT2D eigenvalue weighted by atomic mass is 10.3. The molecule has 2 N–H and O–H groups in total. The van der Waals surface area contributed by atoms with E-state index in [1.54, 1.807) is 0 Å². The van der Waals surface area contributed by atoms with Gasteiger partial charge in [-0.05, 0) is 0 Å². The van der Waals surface area contributed by atoms with Gasteiger partial charge in [0.25, 0.3) is 0 Å². The van der Waals surface area contributed by atoms with E-state index >= 15 is 0 Å². The minimum atomic E-state index is -5.04. The number of hydrogen-bond acceptors (Lipinski definition) is 4. The van der Waals surface area contributed by atoms with Gasteiger partial charge in [-0.2, -0.15) is 5.26 Å². The summed E-state index contributed by atoms with van der Waals surface area (Å²) in [4.78, 5) is 3.19. The topological polar surface area (TPSA) is 71.9 Å².